The zero-order valence-electron chi connectivity index (χ0n) is 11.4. The molecular weight excluding hydrogens is 274 g/mol. The molecule has 1 fully saturated rings. The number of hydrogen-bond donors (Lipinski definition) is 1. The molecule has 2 rings (SSSR count). The van der Waals surface area contributed by atoms with Crippen molar-refractivity contribution in [1.29, 1.82) is 0 Å². The lowest BCUT2D eigenvalue weighted by atomic mass is 10.1. The second-order valence-corrected chi connectivity index (χ2v) is 5.24. The monoisotopic (exact) mass is 293 g/mol. The van der Waals surface area contributed by atoms with E-state index in [1.165, 1.54) is 6.42 Å². The lowest BCUT2D eigenvalue weighted by molar-refractivity contribution is -0.133. The summed E-state index contributed by atoms with van der Waals surface area (Å²) in [5, 5.41) is 0. The molecule has 0 radical (unpaired) electrons. The van der Waals surface area contributed by atoms with Crippen molar-refractivity contribution >= 4 is 24.5 Å². The summed E-state index contributed by atoms with van der Waals surface area (Å²) < 4.78 is 5.26. The third-order valence-electron chi connectivity index (χ3n) is 3.30. The van der Waals surface area contributed by atoms with Crippen LogP contribution in [0.1, 0.15) is 36.0 Å². The highest BCUT2D eigenvalue weighted by atomic mass is 32.1. The Morgan fingerprint density at radius 3 is 2.55 bits per heavy atom. The Morgan fingerprint density at radius 2 is 1.85 bits per heavy atom. The summed E-state index contributed by atoms with van der Waals surface area (Å²) in [6, 6.07) is 6.91. The van der Waals surface area contributed by atoms with Crippen molar-refractivity contribution in [2.75, 3.05) is 18.8 Å². The molecule has 5 heteroatoms. The predicted molar refractivity (Wildman–Crippen MR) is 80.3 cm³/mol. The molecule has 0 aromatic heterocycles. The van der Waals surface area contributed by atoms with Gasteiger partial charge in [-0.2, -0.15) is 12.6 Å². The fraction of sp³-hybridized carbons (Fsp3) is 0.467. The van der Waals surface area contributed by atoms with Crippen LogP contribution in [-0.2, 0) is 4.79 Å². The number of hydrogen-bond acceptors (Lipinski definition) is 4. The molecule has 108 valence electrons. The summed E-state index contributed by atoms with van der Waals surface area (Å²) in [4.78, 5) is 25.9. The molecule has 0 saturated carbocycles. The number of carbonyl (C=O) groups is 2. The maximum Gasteiger partial charge on any atom is 0.312 e. The molecule has 0 bridgehead atoms. The molecule has 1 saturated heterocycles. The van der Waals surface area contributed by atoms with Crippen molar-refractivity contribution in [3.63, 3.8) is 0 Å². The highest BCUT2D eigenvalue weighted by molar-refractivity contribution is 7.80. The average Bonchev–Trinajstić information content (AvgIpc) is 2.48. The van der Waals surface area contributed by atoms with Crippen molar-refractivity contribution in [1.82, 2.24) is 4.90 Å². The average molecular weight is 293 g/mol. The van der Waals surface area contributed by atoms with E-state index in [-0.39, 0.29) is 18.3 Å². The van der Waals surface area contributed by atoms with Crippen LogP contribution in [0.25, 0.3) is 0 Å². The van der Waals surface area contributed by atoms with Gasteiger partial charge in [-0.3, -0.25) is 9.59 Å². The first-order chi connectivity index (χ1) is 9.72. The van der Waals surface area contributed by atoms with Gasteiger partial charge < -0.3 is 9.64 Å². The fourth-order valence-corrected chi connectivity index (χ4v) is 2.45. The van der Waals surface area contributed by atoms with Crippen LogP contribution in [0.3, 0.4) is 0 Å². The van der Waals surface area contributed by atoms with Crippen molar-refractivity contribution < 1.29 is 14.3 Å². The van der Waals surface area contributed by atoms with E-state index in [0.29, 0.717) is 17.1 Å². The van der Waals surface area contributed by atoms with Gasteiger partial charge in [0.1, 0.15) is 5.75 Å². The molecule has 0 atom stereocenters. The van der Waals surface area contributed by atoms with E-state index in [0.717, 1.165) is 25.9 Å². The molecule has 20 heavy (non-hydrogen) atoms. The van der Waals surface area contributed by atoms with E-state index >= 15 is 0 Å². The molecule has 1 aliphatic rings. The number of rotatable bonds is 4. The van der Waals surface area contributed by atoms with Gasteiger partial charge in [0, 0.05) is 18.8 Å². The van der Waals surface area contributed by atoms with Crippen LogP contribution in [0.4, 0.5) is 0 Å². The Balaban J connectivity index is 2.14. The van der Waals surface area contributed by atoms with Gasteiger partial charge >= 0.3 is 5.97 Å². The summed E-state index contributed by atoms with van der Waals surface area (Å²) in [7, 11) is 0. The SMILES string of the molecule is O=C(CCS)Oc1ccccc1C(=O)N1CCCCC1. The first-order valence-electron chi connectivity index (χ1n) is 6.92. The second-order valence-electron chi connectivity index (χ2n) is 4.80. The van der Waals surface area contributed by atoms with Gasteiger partial charge in [-0.25, -0.2) is 0 Å². The standard InChI is InChI=1S/C15H19NO3S/c17-14(8-11-20)19-13-7-3-2-6-12(13)15(18)16-9-4-1-5-10-16/h2-3,6-7,20H,1,4-5,8-11H2. The van der Waals surface area contributed by atoms with Crippen molar-refractivity contribution in [3.05, 3.63) is 29.8 Å². The van der Waals surface area contributed by atoms with E-state index in [4.69, 9.17) is 4.74 Å². The number of thiol groups is 1. The fourth-order valence-electron chi connectivity index (χ4n) is 2.26. The number of piperidine rings is 1. The molecule has 0 spiro atoms. The van der Waals surface area contributed by atoms with Gasteiger partial charge in [0.25, 0.3) is 5.91 Å². The number of likely N-dealkylation sites (tertiary alicyclic amines) is 1. The normalized spacial score (nSPS) is 14.9. The second kappa shape index (κ2) is 7.33. The Bertz CT molecular complexity index is 484. The molecule has 1 heterocycles. The first kappa shape index (κ1) is 14.9. The highest BCUT2D eigenvalue weighted by Gasteiger charge is 2.22. The van der Waals surface area contributed by atoms with E-state index < -0.39 is 0 Å². The van der Waals surface area contributed by atoms with E-state index in [1.807, 2.05) is 4.90 Å². The zero-order valence-corrected chi connectivity index (χ0v) is 12.3. The van der Waals surface area contributed by atoms with Crippen LogP contribution in [0.2, 0.25) is 0 Å². The zero-order chi connectivity index (χ0) is 14.4. The summed E-state index contributed by atoms with van der Waals surface area (Å²) in [5.74, 6) is 0.355. The van der Waals surface area contributed by atoms with E-state index in [9.17, 15) is 9.59 Å². The van der Waals surface area contributed by atoms with Gasteiger partial charge in [-0.15, -0.1) is 0 Å². The first-order valence-corrected chi connectivity index (χ1v) is 7.55. The number of para-hydroxylation sites is 1. The van der Waals surface area contributed by atoms with Crippen molar-refractivity contribution in [3.8, 4) is 5.75 Å². The lowest BCUT2D eigenvalue weighted by Crippen LogP contribution is -2.35. The van der Waals surface area contributed by atoms with Crippen molar-refractivity contribution in [2.24, 2.45) is 0 Å². The lowest BCUT2D eigenvalue weighted by Gasteiger charge is -2.27. The summed E-state index contributed by atoms with van der Waals surface area (Å²) >= 11 is 4.00. The Morgan fingerprint density at radius 1 is 1.15 bits per heavy atom. The van der Waals surface area contributed by atoms with Gasteiger partial charge in [-0.05, 0) is 31.4 Å². The molecule has 4 nitrogen and oxygen atoms in total. The highest BCUT2D eigenvalue weighted by Crippen LogP contribution is 2.22. The Labute approximate surface area is 124 Å². The third kappa shape index (κ3) is 3.76. The van der Waals surface area contributed by atoms with Gasteiger partial charge in [0.15, 0.2) is 0 Å². The van der Waals surface area contributed by atoms with E-state index in [2.05, 4.69) is 12.6 Å². The Hall–Kier alpha value is -1.49. The molecule has 1 aromatic carbocycles. The van der Waals surface area contributed by atoms with Crippen LogP contribution in [-0.4, -0.2) is 35.6 Å². The van der Waals surface area contributed by atoms with Crippen LogP contribution >= 0.6 is 12.6 Å². The predicted octanol–water partition coefficient (Wildman–Crippen LogP) is 2.54. The number of amides is 1. The summed E-state index contributed by atoms with van der Waals surface area (Å²) in [5.41, 5.74) is 0.460. The molecule has 0 unspecified atom stereocenters. The van der Waals surface area contributed by atoms with Gasteiger partial charge in [-0.1, -0.05) is 12.1 Å². The maximum absolute atomic E-state index is 12.5. The molecule has 1 aromatic rings. The molecule has 1 aliphatic heterocycles. The van der Waals surface area contributed by atoms with Gasteiger partial charge in [0.2, 0.25) is 0 Å². The summed E-state index contributed by atoms with van der Waals surface area (Å²) in [6.07, 6.45) is 3.47. The molecule has 0 N–H and O–H groups in total. The smallest absolute Gasteiger partial charge is 0.312 e. The Kier molecular flexibility index (Phi) is 5.47. The maximum atomic E-state index is 12.5. The number of esters is 1. The number of nitrogens with zero attached hydrogens (tertiary/aromatic N) is 1. The van der Waals surface area contributed by atoms with Crippen LogP contribution in [0.15, 0.2) is 24.3 Å². The molecular formula is C15H19NO3S. The number of ether oxygens (including phenoxy) is 1. The molecule has 1 amide bonds. The van der Waals surface area contributed by atoms with Crippen LogP contribution < -0.4 is 4.74 Å². The summed E-state index contributed by atoms with van der Waals surface area (Å²) in [6.45, 7) is 1.55. The number of benzene rings is 1. The minimum Gasteiger partial charge on any atom is -0.426 e. The minimum atomic E-state index is -0.362. The quantitative estimate of drug-likeness (QED) is 0.527. The number of carbonyl (C=O) groups excluding carboxylic acids is 2. The largest absolute Gasteiger partial charge is 0.426 e. The third-order valence-corrected chi connectivity index (χ3v) is 3.52. The van der Waals surface area contributed by atoms with E-state index in [1.54, 1.807) is 24.3 Å². The topological polar surface area (TPSA) is 46.6 Å². The van der Waals surface area contributed by atoms with Crippen molar-refractivity contribution in [2.45, 2.75) is 25.7 Å². The van der Waals surface area contributed by atoms with Gasteiger partial charge in [0.05, 0.1) is 12.0 Å². The van der Waals surface area contributed by atoms with Crippen LogP contribution in [0.5, 0.6) is 5.75 Å². The van der Waals surface area contributed by atoms with Crippen LogP contribution in [0, 0.1) is 0 Å². The molecule has 0 aliphatic carbocycles. The minimum absolute atomic E-state index is 0.0565.